The van der Waals surface area contributed by atoms with Gasteiger partial charge in [0.25, 0.3) is 0 Å². The van der Waals surface area contributed by atoms with Gasteiger partial charge in [0, 0.05) is 11.6 Å². The summed E-state index contributed by atoms with van der Waals surface area (Å²) in [4.78, 5) is 4.41. The molecule has 0 radical (unpaired) electrons. The van der Waals surface area contributed by atoms with Crippen LogP contribution in [0.1, 0.15) is 18.4 Å². The van der Waals surface area contributed by atoms with E-state index in [-0.39, 0.29) is 11.9 Å². The molecule has 0 aliphatic carbocycles. The zero-order valence-electron chi connectivity index (χ0n) is 11.4. The molecule has 1 aliphatic heterocycles. The average Bonchev–Trinajstić information content (AvgIpc) is 2.99. The molecule has 2 N–H and O–H groups in total. The Labute approximate surface area is 115 Å². The summed E-state index contributed by atoms with van der Waals surface area (Å²) in [6.45, 7) is 4.68. The van der Waals surface area contributed by atoms with Crippen LogP contribution in [-0.2, 0) is 10.2 Å². The minimum absolute atomic E-state index is 0.176. The fourth-order valence-electron chi connectivity index (χ4n) is 2.35. The van der Waals surface area contributed by atoms with Crippen LogP contribution in [0.25, 0.3) is 11.4 Å². The quantitative estimate of drug-likeness (QED) is 0.906. The molecule has 5 nitrogen and oxygen atoms in total. The second-order valence-electron chi connectivity index (χ2n) is 5.42. The van der Waals surface area contributed by atoms with Gasteiger partial charge in [-0.05, 0) is 37.6 Å². The van der Waals surface area contributed by atoms with Crippen molar-refractivity contribution in [3.63, 3.8) is 0 Å². The third kappa shape index (κ3) is 2.01. The zero-order chi connectivity index (χ0) is 14.3. The van der Waals surface area contributed by atoms with Crippen molar-refractivity contribution >= 4 is 0 Å². The standard InChI is InChI=1S/C14H16FN3O2/c1-8-5-9(15)3-4-10(8)12-17-13(20-18-12)14(2)7-19-6-11(14)16/h3-5,11H,6-7,16H2,1-2H3. The lowest BCUT2D eigenvalue weighted by atomic mass is 9.86. The molecule has 0 spiro atoms. The summed E-state index contributed by atoms with van der Waals surface area (Å²) >= 11 is 0. The van der Waals surface area contributed by atoms with Crippen LogP contribution in [0, 0.1) is 12.7 Å². The maximum absolute atomic E-state index is 13.1. The average molecular weight is 277 g/mol. The van der Waals surface area contributed by atoms with Crippen LogP contribution in [0.3, 0.4) is 0 Å². The van der Waals surface area contributed by atoms with Gasteiger partial charge >= 0.3 is 0 Å². The van der Waals surface area contributed by atoms with E-state index in [9.17, 15) is 4.39 Å². The van der Waals surface area contributed by atoms with Gasteiger partial charge in [-0.15, -0.1) is 0 Å². The Morgan fingerprint density at radius 2 is 2.25 bits per heavy atom. The molecule has 20 heavy (non-hydrogen) atoms. The molecule has 1 aromatic carbocycles. The van der Waals surface area contributed by atoms with E-state index in [1.54, 1.807) is 13.0 Å². The fourth-order valence-corrected chi connectivity index (χ4v) is 2.35. The van der Waals surface area contributed by atoms with Gasteiger partial charge in [0.05, 0.1) is 18.6 Å². The molecule has 2 atom stereocenters. The van der Waals surface area contributed by atoms with Crippen LogP contribution in [0.15, 0.2) is 22.7 Å². The van der Waals surface area contributed by atoms with Gasteiger partial charge in [0.1, 0.15) is 5.82 Å². The molecule has 3 rings (SSSR count). The number of hydrogen-bond acceptors (Lipinski definition) is 5. The lowest BCUT2D eigenvalue weighted by molar-refractivity contribution is 0.169. The molecular formula is C14H16FN3O2. The van der Waals surface area contributed by atoms with E-state index in [0.717, 1.165) is 11.1 Å². The van der Waals surface area contributed by atoms with Gasteiger partial charge in [-0.3, -0.25) is 0 Å². The third-order valence-electron chi connectivity index (χ3n) is 3.86. The summed E-state index contributed by atoms with van der Waals surface area (Å²) in [6, 6.07) is 4.29. The van der Waals surface area contributed by atoms with Crippen molar-refractivity contribution in [2.24, 2.45) is 5.73 Å². The number of benzene rings is 1. The molecule has 1 fully saturated rings. The number of nitrogens with two attached hydrogens (primary N) is 1. The van der Waals surface area contributed by atoms with Gasteiger partial charge in [-0.25, -0.2) is 4.39 Å². The Morgan fingerprint density at radius 3 is 2.90 bits per heavy atom. The summed E-state index contributed by atoms with van der Waals surface area (Å²) < 4.78 is 23.9. The van der Waals surface area contributed by atoms with E-state index in [2.05, 4.69) is 10.1 Å². The monoisotopic (exact) mass is 277 g/mol. The number of ether oxygens (including phenoxy) is 1. The highest BCUT2D eigenvalue weighted by molar-refractivity contribution is 5.59. The Kier molecular flexibility index (Phi) is 3.07. The summed E-state index contributed by atoms with van der Waals surface area (Å²) in [5.41, 5.74) is 7.07. The van der Waals surface area contributed by atoms with Gasteiger partial charge in [0.2, 0.25) is 11.7 Å². The lowest BCUT2D eigenvalue weighted by Gasteiger charge is -2.21. The van der Waals surface area contributed by atoms with Crippen molar-refractivity contribution < 1.29 is 13.7 Å². The number of rotatable bonds is 2. The molecule has 1 aromatic heterocycles. The highest BCUT2D eigenvalue weighted by atomic mass is 19.1. The van der Waals surface area contributed by atoms with E-state index in [0.29, 0.717) is 24.9 Å². The van der Waals surface area contributed by atoms with Crippen LogP contribution in [0.5, 0.6) is 0 Å². The Balaban J connectivity index is 1.98. The first-order chi connectivity index (χ1) is 9.50. The number of aryl methyl sites for hydroxylation is 1. The van der Waals surface area contributed by atoms with Gasteiger partial charge in [-0.2, -0.15) is 4.98 Å². The Morgan fingerprint density at radius 1 is 1.45 bits per heavy atom. The molecule has 0 saturated carbocycles. The second-order valence-corrected chi connectivity index (χ2v) is 5.42. The Bertz CT molecular complexity index is 643. The molecule has 6 heteroatoms. The van der Waals surface area contributed by atoms with Crippen molar-refractivity contribution in [2.75, 3.05) is 13.2 Å². The van der Waals surface area contributed by atoms with Gasteiger partial charge in [-0.1, -0.05) is 5.16 Å². The minimum atomic E-state index is -0.473. The number of nitrogens with zero attached hydrogens (tertiary/aromatic N) is 2. The van der Waals surface area contributed by atoms with E-state index in [4.69, 9.17) is 15.0 Å². The van der Waals surface area contributed by atoms with E-state index in [1.807, 2.05) is 6.92 Å². The lowest BCUT2D eigenvalue weighted by Crippen LogP contribution is -2.42. The smallest absolute Gasteiger partial charge is 0.236 e. The van der Waals surface area contributed by atoms with Crippen LogP contribution in [0.2, 0.25) is 0 Å². The topological polar surface area (TPSA) is 74.2 Å². The molecule has 0 bridgehead atoms. The van der Waals surface area contributed by atoms with E-state index < -0.39 is 5.41 Å². The minimum Gasteiger partial charge on any atom is -0.379 e. The number of halogens is 1. The van der Waals surface area contributed by atoms with Crippen molar-refractivity contribution in [1.82, 2.24) is 10.1 Å². The predicted octanol–water partition coefficient (Wildman–Crippen LogP) is 1.80. The van der Waals surface area contributed by atoms with Crippen LogP contribution >= 0.6 is 0 Å². The SMILES string of the molecule is Cc1cc(F)ccc1-c1noc(C2(C)COCC2N)n1. The molecule has 1 aliphatic rings. The molecule has 2 aromatic rings. The van der Waals surface area contributed by atoms with Gasteiger partial charge < -0.3 is 15.0 Å². The molecule has 0 amide bonds. The Hall–Kier alpha value is -1.79. The normalized spacial score (nSPS) is 26.1. The highest BCUT2D eigenvalue weighted by Gasteiger charge is 2.44. The first kappa shape index (κ1) is 13.2. The van der Waals surface area contributed by atoms with Crippen molar-refractivity contribution in [1.29, 1.82) is 0 Å². The van der Waals surface area contributed by atoms with Crippen molar-refractivity contribution in [2.45, 2.75) is 25.3 Å². The van der Waals surface area contributed by atoms with Crippen molar-refractivity contribution in [3.8, 4) is 11.4 Å². The molecule has 2 unspecified atom stereocenters. The second kappa shape index (κ2) is 4.64. The summed E-state index contributed by atoms with van der Waals surface area (Å²) in [5.74, 6) is 0.618. The third-order valence-corrected chi connectivity index (χ3v) is 3.86. The zero-order valence-corrected chi connectivity index (χ0v) is 11.4. The first-order valence-electron chi connectivity index (χ1n) is 6.45. The number of aromatic nitrogens is 2. The molecular weight excluding hydrogens is 261 g/mol. The van der Waals surface area contributed by atoms with Crippen LogP contribution < -0.4 is 5.73 Å². The van der Waals surface area contributed by atoms with E-state index >= 15 is 0 Å². The predicted molar refractivity (Wildman–Crippen MR) is 70.6 cm³/mol. The molecule has 106 valence electrons. The number of hydrogen-bond donors (Lipinski definition) is 1. The maximum atomic E-state index is 13.1. The van der Waals surface area contributed by atoms with Gasteiger partial charge in [0.15, 0.2) is 0 Å². The maximum Gasteiger partial charge on any atom is 0.236 e. The largest absolute Gasteiger partial charge is 0.379 e. The highest BCUT2D eigenvalue weighted by Crippen LogP contribution is 2.32. The summed E-state index contributed by atoms with van der Waals surface area (Å²) in [5, 5.41) is 3.98. The summed E-state index contributed by atoms with van der Waals surface area (Å²) in [6.07, 6.45) is 0. The molecule has 2 heterocycles. The van der Waals surface area contributed by atoms with Crippen LogP contribution in [-0.4, -0.2) is 29.4 Å². The van der Waals surface area contributed by atoms with Crippen molar-refractivity contribution in [3.05, 3.63) is 35.5 Å². The summed E-state index contributed by atoms with van der Waals surface area (Å²) in [7, 11) is 0. The first-order valence-corrected chi connectivity index (χ1v) is 6.45. The van der Waals surface area contributed by atoms with Crippen LogP contribution in [0.4, 0.5) is 4.39 Å². The fraction of sp³-hybridized carbons (Fsp3) is 0.429. The molecule has 1 saturated heterocycles. The van der Waals surface area contributed by atoms with E-state index in [1.165, 1.54) is 12.1 Å².